The first-order valence-corrected chi connectivity index (χ1v) is 14.9. The quantitative estimate of drug-likeness (QED) is 0.318. The summed E-state index contributed by atoms with van der Waals surface area (Å²) in [4.78, 5) is 29.2. The number of hydrogen-bond acceptors (Lipinski definition) is 4. The lowest BCUT2D eigenvalue weighted by Gasteiger charge is -2.44. The topological polar surface area (TPSA) is 81.7 Å². The molecule has 0 bridgehead atoms. The highest BCUT2D eigenvalue weighted by Gasteiger charge is 2.43. The molecule has 5 rings (SSSR count). The van der Waals surface area contributed by atoms with Crippen LogP contribution in [-0.4, -0.2) is 40.4 Å². The Hall–Kier alpha value is -3.66. The van der Waals surface area contributed by atoms with Crippen molar-refractivity contribution in [3.05, 3.63) is 88.4 Å². The highest BCUT2D eigenvalue weighted by molar-refractivity contribution is 5.98. The van der Waals surface area contributed by atoms with Crippen molar-refractivity contribution in [3.8, 4) is 0 Å². The van der Waals surface area contributed by atoms with Gasteiger partial charge in [0.2, 0.25) is 5.91 Å². The molecule has 6 nitrogen and oxygen atoms in total. The first-order chi connectivity index (χ1) is 20.6. The van der Waals surface area contributed by atoms with E-state index in [-0.39, 0.29) is 22.7 Å². The predicted octanol–water partition coefficient (Wildman–Crippen LogP) is 6.50. The summed E-state index contributed by atoms with van der Waals surface area (Å²) < 4.78 is 55.8. The van der Waals surface area contributed by atoms with Crippen molar-refractivity contribution in [1.29, 1.82) is 0 Å². The van der Waals surface area contributed by atoms with E-state index in [1.54, 1.807) is 17.9 Å². The van der Waals surface area contributed by atoms with Crippen LogP contribution in [0.5, 0.6) is 0 Å². The van der Waals surface area contributed by atoms with Crippen LogP contribution < -0.4 is 10.6 Å². The van der Waals surface area contributed by atoms with Gasteiger partial charge in [0.25, 0.3) is 5.91 Å². The molecule has 1 saturated heterocycles. The van der Waals surface area contributed by atoms with E-state index in [0.29, 0.717) is 37.4 Å². The molecule has 1 aliphatic heterocycles. The van der Waals surface area contributed by atoms with E-state index >= 15 is 0 Å². The van der Waals surface area contributed by atoms with Crippen LogP contribution in [0.3, 0.4) is 0 Å². The zero-order valence-electron chi connectivity index (χ0n) is 24.1. The molecule has 10 heteroatoms. The number of piperidine rings is 1. The number of amides is 2. The fraction of sp³-hybridized carbons (Fsp3) is 0.455. The molecular weight excluding hydrogens is 562 g/mol. The van der Waals surface area contributed by atoms with Crippen LogP contribution in [0.2, 0.25) is 0 Å². The Bertz CT molecular complexity index is 1390. The highest BCUT2D eigenvalue weighted by Crippen LogP contribution is 2.37. The monoisotopic (exact) mass is 599 g/mol. The molecule has 0 spiro atoms. The van der Waals surface area contributed by atoms with Gasteiger partial charge in [0, 0.05) is 29.9 Å². The van der Waals surface area contributed by atoms with E-state index in [1.807, 2.05) is 12.2 Å². The van der Waals surface area contributed by atoms with Crippen LogP contribution in [0.1, 0.15) is 72.0 Å². The normalized spacial score (nSPS) is 22.8. The largest absolute Gasteiger partial charge is 0.416 e. The molecule has 2 aromatic carbocycles. The van der Waals surface area contributed by atoms with E-state index in [2.05, 4.69) is 16.7 Å². The number of alkyl halides is 3. The lowest BCUT2D eigenvalue weighted by Crippen LogP contribution is -2.55. The number of halogens is 4. The molecule has 0 radical (unpaired) electrons. The zero-order chi connectivity index (χ0) is 30.7. The van der Waals surface area contributed by atoms with Gasteiger partial charge in [-0.3, -0.25) is 9.59 Å². The van der Waals surface area contributed by atoms with Crippen molar-refractivity contribution in [2.24, 2.45) is 11.8 Å². The summed E-state index contributed by atoms with van der Waals surface area (Å²) in [5.74, 6) is -2.66. The van der Waals surface area contributed by atoms with Gasteiger partial charge in [0.1, 0.15) is 5.82 Å². The average molecular weight is 600 g/mol. The summed E-state index contributed by atoms with van der Waals surface area (Å²) >= 11 is 0. The third kappa shape index (κ3) is 6.79. The number of aliphatic hydroxyl groups excluding tert-OH is 1. The molecule has 3 aliphatic rings. The van der Waals surface area contributed by atoms with Crippen LogP contribution in [0, 0.1) is 24.6 Å². The standard InChI is InChI=1S/C33H37F4N3O3/c1-20-6-4-10-28(34)29(20)32(43)40-17-5-9-26(30(40)21-11-14-24(15-12-21)38-23-7-2-3-8-23)31(42)39-25-16-13-22(19-41)27(18-25)33(35,36)37/h4,6,10-11,13-16,18,21,23,26,30,38,41H,2-3,5,7-9,12,17,19H2,1H3,(H,39,42)/t21-,26?,30?/m1/s1. The fourth-order valence-electron chi connectivity index (χ4n) is 6.71. The number of hydrogen-bond donors (Lipinski definition) is 3. The van der Waals surface area contributed by atoms with Crippen molar-refractivity contribution >= 4 is 17.5 Å². The lowest BCUT2D eigenvalue weighted by atomic mass is 9.77. The number of carbonyl (C=O) groups excluding carboxylic acids is 2. The number of aliphatic hydroxyl groups is 1. The number of carbonyl (C=O) groups is 2. The summed E-state index contributed by atoms with van der Waals surface area (Å²) in [5.41, 5.74) is 0.0694. The molecule has 3 atom stereocenters. The molecule has 230 valence electrons. The lowest BCUT2D eigenvalue weighted by molar-refractivity contribution is -0.138. The Balaban J connectivity index is 1.44. The molecule has 3 N–H and O–H groups in total. The van der Waals surface area contributed by atoms with Gasteiger partial charge >= 0.3 is 6.18 Å². The predicted molar refractivity (Wildman–Crippen MR) is 155 cm³/mol. The van der Waals surface area contributed by atoms with Gasteiger partial charge < -0.3 is 20.6 Å². The summed E-state index contributed by atoms with van der Waals surface area (Å²) in [6.45, 7) is 1.20. The Morgan fingerprint density at radius 1 is 1.07 bits per heavy atom. The van der Waals surface area contributed by atoms with Crippen molar-refractivity contribution in [3.63, 3.8) is 0 Å². The summed E-state index contributed by atoms with van der Waals surface area (Å²) in [6, 6.07) is 7.50. The minimum atomic E-state index is -4.71. The maximum Gasteiger partial charge on any atom is 0.416 e. The number of anilines is 1. The maximum absolute atomic E-state index is 14.9. The van der Waals surface area contributed by atoms with E-state index < -0.39 is 47.9 Å². The van der Waals surface area contributed by atoms with Gasteiger partial charge in [-0.1, -0.05) is 43.2 Å². The zero-order valence-corrected chi connectivity index (χ0v) is 24.1. The number of benzene rings is 2. The van der Waals surface area contributed by atoms with Gasteiger partial charge in [-0.25, -0.2) is 4.39 Å². The smallest absolute Gasteiger partial charge is 0.392 e. The molecule has 0 aromatic heterocycles. The third-order valence-corrected chi connectivity index (χ3v) is 8.87. The molecule has 2 aliphatic carbocycles. The summed E-state index contributed by atoms with van der Waals surface area (Å²) in [5, 5.41) is 15.6. The van der Waals surface area contributed by atoms with Crippen LogP contribution in [0.25, 0.3) is 0 Å². The Morgan fingerprint density at radius 3 is 2.49 bits per heavy atom. The fourth-order valence-corrected chi connectivity index (χ4v) is 6.71. The molecule has 43 heavy (non-hydrogen) atoms. The number of likely N-dealkylation sites (tertiary alicyclic amines) is 1. The first kappa shape index (κ1) is 30.8. The number of aryl methyl sites for hydroxylation is 1. The number of allylic oxidation sites excluding steroid dienone is 2. The minimum absolute atomic E-state index is 0.0399. The number of rotatable bonds is 7. The minimum Gasteiger partial charge on any atom is -0.392 e. The van der Waals surface area contributed by atoms with E-state index in [0.717, 1.165) is 30.7 Å². The molecule has 2 unspecified atom stereocenters. The molecular formula is C33H37F4N3O3. The first-order valence-electron chi connectivity index (χ1n) is 14.9. The van der Waals surface area contributed by atoms with Crippen LogP contribution >= 0.6 is 0 Å². The van der Waals surface area contributed by atoms with Gasteiger partial charge in [-0.2, -0.15) is 13.2 Å². The van der Waals surface area contributed by atoms with E-state index in [9.17, 15) is 32.3 Å². The van der Waals surface area contributed by atoms with E-state index in [1.165, 1.54) is 31.0 Å². The Morgan fingerprint density at radius 2 is 1.84 bits per heavy atom. The van der Waals surface area contributed by atoms with Gasteiger partial charge in [0.05, 0.1) is 29.7 Å². The van der Waals surface area contributed by atoms with Gasteiger partial charge in [0.15, 0.2) is 0 Å². The Kier molecular flexibility index (Phi) is 9.25. The van der Waals surface area contributed by atoms with Crippen molar-refractivity contribution in [2.75, 3.05) is 11.9 Å². The van der Waals surface area contributed by atoms with Crippen molar-refractivity contribution < 1.29 is 32.3 Å². The van der Waals surface area contributed by atoms with Gasteiger partial charge in [-0.05, 0) is 74.4 Å². The molecule has 2 amide bonds. The van der Waals surface area contributed by atoms with E-state index in [4.69, 9.17) is 0 Å². The average Bonchev–Trinajstić information content (AvgIpc) is 3.49. The SMILES string of the molecule is Cc1cccc(F)c1C(=O)N1CCCC(C(=O)Nc2ccc(CO)c(C(F)(F)F)c2)C1[C@@H]1C=CC(NC2CCCC2)=CC1. The molecule has 2 aromatic rings. The molecule has 1 saturated carbocycles. The second-order valence-corrected chi connectivity index (χ2v) is 11.7. The van der Waals surface area contributed by atoms with Crippen LogP contribution in [-0.2, 0) is 17.6 Å². The second-order valence-electron chi connectivity index (χ2n) is 11.7. The third-order valence-electron chi connectivity index (χ3n) is 8.87. The maximum atomic E-state index is 14.9. The molecule has 1 heterocycles. The number of nitrogens with one attached hydrogen (secondary N) is 2. The summed E-state index contributed by atoms with van der Waals surface area (Å²) in [7, 11) is 0. The highest BCUT2D eigenvalue weighted by atomic mass is 19.4. The Labute approximate surface area is 248 Å². The van der Waals surface area contributed by atoms with Gasteiger partial charge in [-0.15, -0.1) is 0 Å². The second kappa shape index (κ2) is 12.9. The van der Waals surface area contributed by atoms with Crippen LogP contribution in [0.15, 0.2) is 60.3 Å². The summed E-state index contributed by atoms with van der Waals surface area (Å²) in [6.07, 6.45) is 7.34. The number of nitrogens with zero attached hydrogens (tertiary/aromatic N) is 1. The van der Waals surface area contributed by atoms with Crippen molar-refractivity contribution in [2.45, 2.75) is 76.7 Å². The molecule has 2 fully saturated rings. The van der Waals surface area contributed by atoms with Crippen LogP contribution in [0.4, 0.5) is 23.2 Å². The van der Waals surface area contributed by atoms with Crippen molar-refractivity contribution in [1.82, 2.24) is 10.2 Å².